The third-order valence-electron chi connectivity index (χ3n) is 5.75. The number of carbonyl (C=O) groups is 1. The lowest BCUT2D eigenvalue weighted by Crippen LogP contribution is -2.15. The highest BCUT2D eigenvalue weighted by Gasteiger charge is 2.30. The molecule has 1 heterocycles. The number of nitrogens with zero attached hydrogens (tertiary/aromatic N) is 1. The van der Waals surface area contributed by atoms with Crippen LogP contribution >= 0.6 is 0 Å². The molecule has 2 aliphatic carbocycles. The highest BCUT2D eigenvalue weighted by Crippen LogP contribution is 2.45. The number of carbonyl (C=O) groups excluding carboxylic acids is 1. The number of benzene rings is 2. The third kappa shape index (κ3) is 2.55. The molecule has 138 valence electrons. The van der Waals surface area contributed by atoms with Gasteiger partial charge in [0.2, 0.25) is 0 Å². The average molecular weight is 367 g/mol. The number of esters is 1. The van der Waals surface area contributed by atoms with E-state index in [9.17, 15) is 4.79 Å². The van der Waals surface area contributed by atoms with Crippen molar-refractivity contribution in [3.05, 3.63) is 90.7 Å². The van der Waals surface area contributed by atoms with Crippen LogP contribution in [0.1, 0.15) is 17.2 Å². The predicted molar refractivity (Wildman–Crippen MR) is 114 cm³/mol. The molecule has 2 aliphatic rings. The standard InChI is InChI=1S/C25H21NO2/c1-2-23(27)28-16-15-26-21-13-11-17-7-3-5-9-19(17)24(21)25-20-10-6-4-8-18(20)12-14-22(25)26/h2-14,17,19H,1,15-16H2. The molecule has 0 saturated heterocycles. The van der Waals surface area contributed by atoms with Gasteiger partial charge in [-0.3, -0.25) is 0 Å². The minimum Gasteiger partial charge on any atom is -0.461 e. The van der Waals surface area contributed by atoms with Crippen molar-refractivity contribution in [3.63, 3.8) is 0 Å². The molecule has 3 nitrogen and oxygen atoms in total. The second-order valence-corrected chi connectivity index (χ2v) is 7.24. The first kappa shape index (κ1) is 16.8. The second-order valence-electron chi connectivity index (χ2n) is 7.24. The van der Waals surface area contributed by atoms with Crippen molar-refractivity contribution in [2.24, 2.45) is 5.92 Å². The van der Waals surface area contributed by atoms with Crippen LogP contribution in [-0.4, -0.2) is 17.1 Å². The lowest BCUT2D eigenvalue weighted by Gasteiger charge is -2.26. The summed E-state index contributed by atoms with van der Waals surface area (Å²) in [6, 6.07) is 12.9. The number of hydrogen-bond donors (Lipinski definition) is 0. The molecule has 0 bridgehead atoms. The maximum atomic E-state index is 11.5. The van der Waals surface area contributed by atoms with Crippen LogP contribution in [0.2, 0.25) is 0 Å². The first-order chi connectivity index (χ1) is 13.8. The quantitative estimate of drug-likeness (QED) is 0.458. The van der Waals surface area contributed by atoms with Gasteiger partial charge in [0, 0.05) is 34.5 Å². The number of ether oxygens (including phenoxy) is 1. The number of rotatable bonds is 4. The van der Waals surface area contributed by atoms with Crippen LogP contribution in [0.5, 0.6) is 0 Å². The van der Waals surface area contributed by atoms with Crippen LogP contribution in [0.3, 0.4) is 0 Å². The van der Waals surface area contributed by atoms with Gasteiger partial charge in [0.15, 0.2) is 0 Å². The normalized spacial score (nSPS) is 19.6. The number of fused-ring (bicyclic) bond motifs is 7. The Hall–Kier alpha value is -3.33. The summed E-state index contributed by atoms with van der Waals surface area (Å²) in [5.41, 5.74) is 3.77. The molecule has 2 atom stereocenters. The molecule has 28 heavy (non-hydrogen) atoms. The maximum Gasteiger partial charge on any atom is 0.330 e. The van der Waals surface area contributed by atoms with Crippen LogP contribution in [-0.2, 0) is 16.1 Å². The summed E-state index contributed by atoms with van der Waals surface area (Å²) < 4.78 is 7.56. The Morgan fingerprint density at radius 2 is 1.96 bits per heavy atom. The van der Waals surface area contributed by atoms with E-state index in [1.54, 1.807) is 0 Å². The Balaban J connectivity index is 1.73. The zero-order valence-electron chi connectivity index (χ0n) is 15.5. The van der Waals surface area contributed by atoms with Crippen LogP contribution in [0, 0.1) is 5.92 Å². The highest BCUT2D eigenvalue weighted by atomic mass is 16.5. The Morgan fingerprint density at radius 3 is 2.86 bits per heavy atom. The molecule has 0 fully saturated rings. The molecule has 0 aliphatic heterocycles. The summed E-state index contributed by atoms with van der Waals surface area (Å²) in [5.74, 6) is 0.330. The Bertz CT molecular complexity index is 1190. The fourth-order valence-electron chi connectivity index (χ4n) is 4.52. The van der Waals surface area contributed by atoms with Crippen molar-refractivity contribution in [2.45, 2.75) is 12.5 Å². The van der Waals surface area contributed by atoms with E-state index in [1.807, 2.05) is 0 Å². The fourth-order valence-corrected chi connectivity index (χ4v) is 4.52. The van der Waals surface area contributed by atoms with E-state index in [2.05, 4.69) is 84.0 Å². The fraction of sp³-hybridized carbons (Fsp3) is 0.160. The Morgan fingerprint density at radius 1 is 1.11 bits per heavy atom. The molecule has 0 amide bonds. The molecule has 3 heteroatoms. The summed E-state index contributed by atoms with van der Waals surface area (Å²) in [6.07, 6.45) is 14.6. The van der Waals surface area contributed by atoms with E-state index in [1.165, 1.54) is 39.0 Å². The first-order valence-electron chi connectivity index (χ1n) is 9.64. The van der Waals surface area contributed by atoms with Crippen LogP contribution in [0.15, 0.2) is 79.4 Å². The highest BCUT2D eigenvalue weighted by molar-refractivity contribution is 6.10. The molecule has 3 aromatic rings. The van der Waals surface area contributed by atoms with E-state index < -0.39 is 0 Å². The van der Waals surface area contributed by atoms with Gasteiger partial charge in [-0.05, 0) is 28.5 Å². The van der Waals surface area contributed by atoms with Gasteiger partial charge in [-0.25, -0.2) is 4.79 Å². The van der Waals surface area contributed by atoms with Gasteiger partial charge < -0.3 is 9.30 Å². The molecular weight excluding hydrogens is 346 g/mol. The molecular formula is C25H21NO2. The topological polar surface area (TPSA) is 31.2 Å². The largest absolute Gasteiger partial charge is 0.461 e. The summed E-state index contributed by atoms with van der Waals surface area (Å²) in [4.78, 5) is 11.5. The van der Waals surface area contributed by atoms with Crippen molar-refractivity contribution >= 4 is 33.7 Å². The van der Waals surface area contributed by atoms with Crippen LogP contribution in [0.25, 0.3) is 27.8 Å². The Kier molecular flexibility index (Phi) is 4.01. The summed E-state index contributed by atoms with van der Waals surface area (Å²) in [7, 11) is 0. The van der Waals surface area contributed by atoms with Gasteiger partial charge in [-0.2, -0.15) is 0 Å². The molecule has 5 rings (SSSR count). The lowest BCUT2D eigenvalue weighted by molar-refractivity contribution is -0.137. The molecule has 0 radical (unpaired) electrons. The van der Waals surface area contributed by atoms with Gasteiger partial charge in [0.05, 0.1) is 6.54 Å². The van der Waals surface area contributed by atoms with E-state index in [0.717, 1.165) is 0 Å². The predicted octanol–water partition coefficient (Wildman–Crippen LogP) is 5.38. The number of aromatic nitrogens is 1. The average Bonchev–Trinajstić information content (AvgIpc) is 3.08. The summed E-state index contributed by atoms with van der Waals surface area (Å²) in [5, 5.41) is 3.83. The van der Waals surface area contributed by atoms with Crippen LogP contribution < -0.4 is 0 Å². The molecule has 1 aromatic heterocycles. The minimum absolute atomic E-state index is 0.325. The summed E-state index contributed by atoms with van der Waals surface area (Å²) >= 11 is 0. The van der Waals surface area contributed by atoms with Crippen molar-refractivity contribution < 1.29 is 9.53 Å². The molecule has 0 saturated carbocycles. The smallest absolute Gasteiger partial charge is 0.330 e. The van der Waals surface area contributed by atoms with Gasteiger partial charge in [-0.1, -0.05) is 67.3 Å². The number of allylic oxidation sites excluding steroid dienone is 5. The second kappa shape index (κ2) is 6.68. The molecule has 0 N–H and O–H groups in total. The van der Waals surface area contributed by atoms with Crippen LogP contribution in [0.4, 0.5) is 0 Å². The van der Waals surface area contributed by atoms with Gasteiger partial charge in [-0.15, -0.1) is 0 Å². The van der Waals surface area contributed by atoms with E-state index in [-0.39, 0.29) is 5.97 Å². The monoisotopic (exact) mass is 367 g/mol. The molecule has 0 spiro atoms. The van der Waals surface area contributed by atoms with Crippen molar-refractivity contribution in [2.75, 3.05) is 6.61 Å². The lowest BCUT2D eigenvalue weighted by atomic mass is 9.78. The SMILES string of the molecule is C=CC(=O)OCCn1c2c(c3c4ccccc4ccc31)C1C=CC=CC1C=C2. The molecule has 2 unspecified atom stereocenters. The van der Waals surface area contributed by atoms with Gasteiger partial charge >= 0.3 is 5.97 Å². The van der Waals surface area contributed by atoms with Gasteiger partial charge in [0.25, 0.3) is 0 Å². The molecule has 2 aromatic carbocycles. The van der Waals surface area contributed by atoms with Crippen molar-refractivity contribution in [1.82, 2.24) is 4.57 Å². The van der Waals surface area contributed by atoms with Crippen molar-refractivity contribution in [1.29, 1.82) is 0 Å². The van der Waals surface area contributed by atoms with Crippen molar-refractivity contribution in [3.8, 4) is 0 Å². The van der Waals surface area contributed by atoms with Gasteiger partial charge in [0.1, 0.15) is 6.61 Å². The minimum atomic E-state index is -0.383. The maximum absolute atomic E-state index is 11.5. The van der Waals surface area contributed by atoms with E-state index in [4.69, 9.17) is 4.74 Å². The van der Waals surface area contributed by atoms with E-state index >= 15 is 0 Å². The first-order valence-corrected chi connectivity index (χ1v) is 9.64. The third-order valence-corrected chi connectivity index (χ3v) is 5.75. The summed E-state index contributed by atoms with van der Waals surface area (Å²) in [6.45, 7) is 4.41. The number of hydrogen-bond acceptors (Lipinski definition) is 2. The van der Waals surface area contributed by atoms with E-state index in [0.29, 0.717) is 25.0 Å². The zero-order chi connectivity index (χ0) is 19.1. The Labute approximate surface area is 163 Å². The zero-order valence-corrected chi connectivity index (χ0v) is 15.5.